The molecule has 0 unspecified atom stereocenters. The standard InChI is InChI=1S/C15H14F2N2OS/c16-12-8-11(15(18)21)9-13(17)14(12)20-7-1-2-10-3-5-19-6-4-10/h3-6,8-9H,1-2,7H2,(H2,18,21). The molecular weight excluding hydrogens is 294 g/mol. The Hall–Kier alpha value is -2.08. The topological polar surface area (TPSA) is 48.1 Å². The van der Waals surface area contributed by atoms with Gasteiger partial charge in [0.2, 0.25) is 0 Å². The number of halogens is 2. The van der Waals surface area contributed by atoms with Crippen LogP contribution in [0.2, 0.25) is 0 Å². The van der Waals surface area contributed by atoms with Crippen molar-refractivity contribution < 1.29 is 13.5 Å². The van der Waals surface area contributed by atoms with Crippen LogP contribution < -0.4 is 10.5 Å². The van der Waals surface area contributed by atoms with Crippen molar-refractivity contribution in [3.63, 3.8) is 0 Å². The highest BCUT2D eigenvalue weighted by atomic mass is 32.1. The van der Waals surface area contributed by atoms with Crippen LogP contribution in [-0.2, 0) is 6.42 Å². The van der Waals surface area contributed by atoms with Crippen molar-refractivity contribution in [3.8, 4) is 5.75 Å². The van der Waals surface area contributed by atoms with E-state index in [1.54, 1.807) is 12.4 Å². The van der Waals surface area contributed by atoms with Crippen molar-refractivity contribution >= 4 is 17.2 Å². The molecule has 1 heterocycles. The summed E-state index contributed by atoms with van der Waals surface area (Å²) >= 11 is 4.68. The summed E-state index contributed by atoms with van der Waals surface area (Å²) in [6.07, 6.45) is 4.78. The van der Waals surface area contributed by atoms with E-state index in [0.717, 1.165) is 24.1 Å². The normalized spacial score (nSPS) is 10.4. The van der Waals surface area contributed by atoms with E-state index in [0.29, 0.717) is 6.42 Å². The predicted octanol–water partition coefficient (Wildman–Crippen LogP) is 3.01. The summed E-state index contributed by atoms with van der Waals surface area (Å²) in [5.41, 5.74) is 6.58. The van der Waals surface area contributed by atoms with Gasteiger partial charge in [-0.1, -0.05) is 12.2 Å². The summed E-state index contributed by atoms with van der Waals surface area (Å²) in [6, 6.07) is 5.92. The summed E-state index contributed by atoms with van der Waals surface area (Å²) in [7, 11) is 0. The first-order valence-corrected chi connectivity index (χ1v) is 6.79. The number of aryl methyl sites for hydroxylation is 1. The molecule has 0 fully saturated rings. The van der Waals surface area contributed by atoms with E-state index in [-0.39, 0.29) is 17.2 Å². The van der Waals surface area contributed by atoms with E-state index >= 15 is 0 Å². The lowest BCUT2D eigenvalue weighted by Gasteiger charge is -2.09. The fourth-order valence-electron chi connectivity index (χ4n) is 1.84. The highest BCUT2D eigenvalue weighted by Crippen LogP contribution is 2.23. The number of ether oxygens (including phenoxy) is 1. The van der Waals surface area contributed by atoms with E-state index in [2.05, 4.69) is 17.2 Å². The Morgan fingerprint density at radius 2 is 1.81 bits per heavy atom. The second-order valence-electron chi connectivity index (χ2n) is 4.44. The van der Waals surface area contributed by atoms with Gasteiger partial charge in [-0.15, -0.1) is 0 Å². The summed E-state index contributed by atoms with van der Waals surface area (Å²) < 4.78 is 32.6. The average molecular weight is 308 g/mol. The zero-order chi connectivity index (χ0) is 15.2. The maximum Gasteiger partial charge on any atom is 0.190 e. The maximum atomic E-state index is 13.7. The van der Waals surface area contributed by atoms with Gasteiger partial charge in [0.1, 0.15) is 4.99 Å². The lowest BCUT2D eigenvalue weighted by Crippen LogP contribution is -2.11. The molecule has 0 bridgehead atoms. The fourth-order valence-corrected chi connectivity index (χ4v) is 1.96. The molecule has 0 atom stereocenters. The van der Waals surface area contributed by atoms with Crippen LogP contribution in [0.4, 0.5) is 8.78 Å². The van der Waals surface area contributed by atoms with Gasteiger partial charge in [0.05, 0.1) is 6.61 Å². The molecule has 1 aromatic heterocycles. The highest BCUT2D eigenvalue weighted by Gasteiger charge is 2.13. The lowest BCUT2D eigenvalue weighted by molar-refractivity contribution is 0.280. The van der Waals surface area contributed by atoms with Gasteiger partial charge in [0.15, 0.2) is 17.4 Å². The van der Waals surface area contributed by atoms with Crippen LogP contribution in [0.5, 0.6) is 5.75 Å². The van der Waals surface area contributed by atoms with Crippen LogP contribution in [0.3, 0.4) is 0 Å². The van der Waals surface area contributed by atoms with Crippen LogP contribution in [-0.4, -0.2) is 16.6 Å². The minimum Gasteiger partial charge on any atom is -0.488 e. The smallest absolute Gasteiger partial charge is 0.190 e. The molecule has 0 saturated carbocycles. The number of benzene rings is 1. The third-order valence-electron chi connectivity index (χ3n) is 2.89. The van der Waals surface area contributed by atoms with Gasteiger partial charge in [0.25, 0.3) is 0 Å². The minimum atomic E-state index is -0.804. The molecule has 1 aromatic carbocycles. The number of aromatic nitrogens is 1. The highest BCUT2D eigenvalue weighted by molar-refractivity contribution is 7.80. The number of hydrogen-bond donors (Lipinski definition) is 1. The number of nitrogens with zero attached hydrogens (tertiary/aromatic N) is 1. The Morgan fingerprint density at radius 1 is 1.19 bits per heavy atom. The van der Waals surface area contributed by atoms with Gasteiger partial charge in [-0.2, -0.15) is 0 Å². The molecule has 0 saturated heterocycles. The largest absolute Gasteiger partial charge is 0.488 e. The van der Waals surface area contributed by atoms with Crippen molar-refractivity contribution in [1.82, 2.24) is 4.98 Å². The van der Waals surface area contributed by atoms with Crippen LogP contribution >= 0.6 is 12.2 Å². The molecule has 0 spiro atoms. The first-order valence-electron chi connectivity index (χ1n) is 6.38. The molecule has 0 radical (unpaired) electrons. The van der Waals surface area contributed by atoms with Crippen LogP contribution in [0, 0.1) is 11.6 Å². The number of nitrogens with two attached hydrogens (primary N) is 1. The van der Waals surface area contributed by atoms with Gasteiger partial charge in [-0.25, -0.2) is 8.78 Å². The van der Waals surface area contributed by atoms with E-state index in [9.17, 15) is 8.78 Å². The van der Waals surface area contributed by atoms with E-state index < -0.39 is 17.4 Å². The number of thiocarbonyl (C=S) groups is 1. The number of rotatable bonds is 6. The first-order chi connectivity index (χ1) is 10.1. The Balaban J connectivity index is 1.93. The van der Waals surface area contributed by atoms with E-state index in [1.165, 1.54) is 0 Å². The molecule has 2 rings (SSSR count). The Bertz CT molecular complexity index is 612. The van der Waals surface area contributed by atoms with Gasteiger partial charge in [-0.3, -0.25) is 4.98 Å². The third kappa shape index (κ3) is 4.19. The molecule has 110 valence electrons. The van der Waals surface area contributed by atoms with E-state index in [1.807, 2.05) is 12.1 Å². The molecule has 2 N–H and O–H groups in total. The molecule has 3 nitrogen and oxygen atoms in total. The number of pyridine rings is 1. The molecular formula is C15H14F2N2OS. The zero-order valence-corrected chi connectivity index (χ0v) is 12.0. The first kappa shape index (κ1) is 15.3. The Morgan fingerprint density at radius 3 is 2.38 bits per heavy atom. The van der Waals surface area contributed by atoms with Crippen LogP contribution in [0.15, 0.2) is 36.7 Å². The van der Waals surface area contributed by atoms with Gasteiger partial charge < -0.3 is 10.5 Å². The monoisotopic (exact) mass is 308 g/mol. The van der Waals surface area contributed by atoms with Crippen molar-refractivity contribution in [1.29, 1.82) is 0 Å². The SMILES string of the molecule is NC(=S)c1cc(F)c(OCCCc2ccncc2)c(F)c1. The molecule has 6 heteroatoms. The summed E-state index contributed by atoms with van der Waals surface area (Å²) in [5, 5.41) is 0. The summed E-state index contributed by atoms with van der Waals surface area (Å²) in [6.45, 7) is 0.211. The van der Waals surface area contributed by atoms with Crippen LogP contribution in [0.25, 0.3) is 0 Å². The second-order valence-corrected chi connectivity index (χ2v) is 4.88. The molecule has 0 aliphatic carbocycles. The van der Waals surface area contributed by atoms with Crippen molar-refractivity contribution in [3.05, 3.63) is 59.4 Å². The zero-order valence-electron chi connectivity index (χ0n) is 11.2. The van der Waals surface area contributed by atoms with Gasteiger partial charge in [-0.05, 0) is 42.7 Å². The average Bonchev–Trinajstić information content (AvgIpc) is 2.46. The molecule has 0 aliphatic rings. The number of hydrogen-bond acceptors (Lipinski definition) is 3. The minimum absolute atomic E-state index is 0.0583. The summed E-state index contributed by atoms with van der Waals surface area (Å²) in [4.78, 5) is 3.86. The molecule has 2 aromatic rings. The van der Waals surface area contributed by atoms with Gasteiger partial charge >= 0.3 is 0 Å². The molecule has 21 heavy (non-hydrogen) atoms. The molecule has 0 amide bonds. The lowest BCUT2D eigenvalue weighted by atomic mass is 10.1. The predicted molar refractivity (Wildman–Crippen MR) is 80.3 cm³/mol. The van der Waals surface area contributed by atoms with E-state index in [4.69, 9.17) is 10.5 Å². The maximum absolute atomic E-state index is 13.7. The quantitative estimate of drug-likeness (QED) is 0.658. The Labute approximate surface area is 126 Å². The fraction of sp³-hybridized carbons (Fsp3) is 0.200. The third-order valence-corrected chi connectivity index (χ3v) is 3.12. The summed E-state index contributed by atoms with van der Waals surface area (Å²) in [5.74, 6) is -2.01. The Kier molecular flexibility index (Phi) is 5.16. The van der Waals surface area contributed by atoms with Crippen molar-refractivity contribution in [2.45, 2.75) is 12.8 Å². The van der Waals surface area contributed by atoms with Crippen LogP contribution in [0.1, 0.15) is 17.5 Å². The van der Waals surface area contributed by atoms with Crippen molar-refractivity contribution in [2.75, 3.05) is 6.61 Å². The molecule has 0 aliphatic heterocycles. The van der Waals surface area contributed by atoms with Crippen molar-refractivity contribution in [2.24, 2.45) is 5.73 Å². The second kappa shape index (κ2) is 7.08. The van der Waals surface area contributed by atoms with Gasteiger partial charge in [0, 0.05) is 18.0 Å².